The van der Waals surface area contributed by atoms with Gasteiger partial charge in [0.05, 0.1) is 5.57 Å². The molecule has 0 bridgehead atoms. The monoisotopic (exact) mass is 174 g/mol. The summed E-state index contributed by atoms with van der Waals surface area (Å²) in [6, 6.07) is 0. The quantitative estimate of drug-likeness (QED) is 0.322. The second kappa shape index (κ2) is 5.74. The number of carboxylic acid groups (broad SMARTS) is 1. The Bertz CT molecular complexity index is 172. The molecule has 12 heavy (non-hydrogen) atoms. The Morgan fingerprint density at radius 3 is 2.42 bits per heavy atom. The van der Waals surface area contributed by atoms with Crippen molar-refractivity contribution in [3.05, 3.63) is 11.6 Å². The Hall–Kier alpha value is -0.870. The average molecular weight is 174 g/mol. The molecule has 0 rings (SSSR count). The number of hydrogen-bond donors (Lipinski definition) is 3. The molecule has 0 aliphatic heterocycles. The lowest BCUT2D eigenvalue weighted by Crippen LogP contribution is -2.16. The Labute approximate surface area is 71.1 Å². The van der Waals surface area contributed by atoms with Crippen molar-refractivity contribution < 1.29 is 20.1 Å². The summed E-state index contributed by atoms with van der Waals surface area (Å²) in [5.74, 6) is -1.28. The number of unbranched alkanes of at least 4 members (excludes halogenated alkanes) is 2. The molecule has 0 radical (unpaired) electrons. The van der Waals surface area contributed by atoms with E-state index in [4.69, 9.17) is 15.3 Å². The molecule has 0 spiro atoms. The molecule has 0 fully saturated rings. The predicted octanol–water partition coefficient (Wildman–Crippen LogP) is 0.498. The van der Waals surface area contributed by atoms with Crippen LogP contribution in [-0.2, 0) is 4.79 Å². The second-order valence-electron chi connectivity index (χ2n) is 2.48. The minimum absolute atomic E-state index is 0.344. The van der Waals surface area contributed by atoms with E-state index in [-0.39, 0.29) is 5.57 Å². The van der Waals surface area contributed by atoms with Gasteiger partial charge in [0.2, 0.25) is 0 Å². The van der Waals surface area contributed by atoms with Gasteiger partial charge in [-0.25, -0.2) is 4.79 Å². The number of aliphatic carboxylic acids is 1. The maximum atomic E-state index is 10.3. The molecule has 3 N–H and O–H groups in total. The van der Waals surface area contributed by atoms with E-state index in [1.165, 1.54) is 6.08 Å². The molecule has 4 nitrogen and oxygen atoms in total. The molecular formula is C8H14O4. The van der Waals surface area contributed by atoms with Crippen LogP contribution in [-0.4, -0.2) is 27.6 Å². The molecule has 0 aliphatic carbocycles. The zero-order valence-electron chi connectivity index (χ0n) is 7.03. The first-order valence-corrected chi connectivity index (χ1v) is 3.89. The zero-order chi connectivity index (χ0) is 9.56. The Morgan fingerprint density at radius 2 is 2.08 bits per heavy atom. The normalized spacial score (nSPS) is 12.2. The third-order valence-corrected chi connectivity index (χ3v) is 1.45. The van der Waals surface area contributed by atoms with Crippen molar-refractivity contribution >= 4 is 5.97 Å². The molecule has 70 valence electrons. The van der Waals surface area contributed by atoms with Crippen molar-refractivity contribution in [3.8, 4) is 0 Å². The fourth-order valence-corrected chi connectivity index (χ4v) is 0.765. The van der Waals surface area contributed by atoms with Gasteiger partial charge in [-0.2, -0.15) is 0 Å². The van der Waals surface area contributed by atoms with E-state index in [1.807, 2.05) is 6.92 Å². The molecule has 0 saturated heterocycles. The van der Waals surface area contributed by atoms with E-state index < -0.39 is 12.3 Å². The van der Waals surface area contributed by atoms with Gasteiger partial charge >= 0.3 is 5.97 Å². The van der Waals surface area contributed by atoms with Crippen molar-refractivity contribution in [1.29, 1.82) is 0 Å². The molecule has 0 atom stereocenters. The molecule has 4 heteroatoms. The van der Waals surface area contributed by atoms with Crippen LogP contribution in [0, 0.1) is 0 Å². The summed E-state index contributed by atoms with van der Waals surface area (Å²) in [6.07, 6.45) is 1.83. The van der Waals surface area contributed by atoms with Crippen molar-refractivity contribution in [2.24, 2.45) is 0 Å². The first kappa shape index (κ1) is 11.1. The number of hydrogen-bond acceptors (Lipinski definition) is 3. The summed E-state index contributed by atoms with van der Waals surface area (Å²) in [6.45, 7) is 1.98. The summed E-state index contributed by atoms with van der Waals surface area (Å²) in [4.78, 5) is 10.3. The van der Waals surface area contributed by atoms with E-state index >= 15 is 0 Å². The lowest BCUT2D eigenvalue weighted by Gasteiger charge is -2.03. The maximum Gasteiger partial charge on any atom is 0.336 e. The highest BCUT2D eigenvalue weighted by atomic mass is 16.5. The standard InChI is InChI=1S/C8H14O4/c1-2-3-4-5-6(7(9)10)8(11)12/h5,7,9-10H,2-4H2,1H3,(H,11,12). The minimum Gasteiger partial charge on any atom is -0.478 e. The van der Waals surface area contributed by atoms with Crippen molar-refractivity contribution in [1.82, 2.24) is 0 Å². The maximum absolute atomic E-state index is 10.3. The fourth-order valence-electron chi connectivity index (χ4n) is 0.765. The summed E-state index contributed by atoms with van der Waals surface area (Å²) in [5, 5.41) is 25.6. The first-order valence-electron chi connectivity index (χ1n) is 3.89. The third kappa shape index (κ3) is 4.10. The van der Waals surface area contributed by atoms with Gasteiger partial charge in [0.15, 0.2) is 6.29 Å². The van der Waals surface area contributed by atoms with Crippen molar-refractivity contribution in [2.45, 2.75) is 32.5 Å². The predicted molar refractivity (Wildman–Crippen MR) is 43.5 cm³/mol. The summed E-state index contributed by atoms with van der Waals surface area (Å²) >= 11 is 0. The highest BCUT2D eigenvalue weighted by molar-refractivity contribution is 5.87. The summed E-state index contributed by atoms with van der Waals surface area (Å²) < 4.78 is 0. The SMILES string of the molecule is CCCCC=C(C(=O)O)C(O)O. The third-order valence-electron chi connectivity index (χ3n) is 1.45. The smallest absolute Gasteiger partial charge is 0.336 e. The largest absolute Gasteiger partial charge is 0.478 e. The van der Waals surface area contributed by atoms with E-state index in [0.29, 0.717) is 6.42 Å². The van der Waals surface area contributed by atoms with Crippen LogP contribution in [0.15, 0.2) is 11.6 Å². The van der Waals surface area contributed by atoms with Crippen LogP contribution in [0.1, 0.15) is 26.2 Å². The molecular weight excluding hydrogens is 160 g/mol. The first-order chi connectivity index (χ1) is 5.59. The average Bonchev–Trinajstić information content (AvgIpc) is 1.96. The molecule has 0 aromatic heterocycles. The van der Waals surface area contributed by atoms with E-state index in [9.17, 15) is 4.79 Å². The Morgan fingerprint density at radius 1 is 1.50 bits per heavy atom. The van der Waals surface area contributed by atoms with Crippen LogP contribution in [0.5, 0.6) is 0 Å². The summed E-state index contributed by atoms with van der Waals surface area (Å²) in [5.41, 5.74) is -0.344. The highest BCUT2D eigenvalue weighted by Gasteiger charge is 2.13. The van der Waals surface area contributed by atoms with Crippen LogP contribution < -0.4 is 0 Å². The topological polar surface area (TPSA) is 77.8 Å². The summed E-state index contributed by atoms with van der Waals surface area (Å²) in [7, 11) is 0. The molecule has 0 heterocycles. The Kier molecular flexibility index (Phi) is 5.32. The van der Waals surface area contributed by atoms with Crippen LogP contribution in [0.25, 0.3) is 0 Å². The Balaban J connectivity index is 4.10. The van der Waals surface area contributed by atoms with Crippen LogP contribution >= 0.6 is 0 Å². The number of carboxylic acids is 1. The van der Waals surface area contributed by atoms with Gasteiger partial charge in [0, 0.05) is 0 Å². The second-order valence-corrected chi connectivity index (χ2v) is 2.48. The van der Waals surface area contributed by atoms with Crippen molar-refractivity contribution in [3.63, 3.8) is 0 Å². The van der Waals surface area contributed by atoms with Gasteiger partial charge < -0.3 is 15.3 Å². The number of carbonyl (C=O) groups is 1. The number of aliphatic hydroxyl groups is 2. The van der Waals surface area contributed by atoms with Gasteiger partial charge in [0.1, 0.15) is 0 Å². The highest BCUT2D eigenvalue weighted by Crippen LogP contribution is 2.04. The van der Waals surface area contributed by atoms with Gasteiger partial charge in [-0.05, 0) is 6.42 Å². The molecule has 0 amide bonds. The number of aliphatic hydroxyl groups excluding tert-OH is 1. The minimum atomic E-state index is -1.88. The lowest BCUT2D eigenvalue weighted by atomic mass is 10.1. The fraction of sp³-hybridized carbons (Fsp3) is 0.625. The molecule has 0 aliphatic rings. The van der Waals surface area contributed by atoms with Gasteiger partial charge in [-0.1, -0.05) is 25.8 Å². The number of allylic oxidation sites excluding steroid dienone is 1. The lowest BCUT2D eigenvalue weighted by molar-refractivity contribution is -0.136. The molecule has 0 aromatic rings. The van der Waals surface area contributed by atoms with Gasteiger partial charge in [-0.15, -0.1) is 0 Å². The van der Waals surface area contributed by atoms with Gasteiger partial charge in [-0.3, -0.25) is 0 Å². The molecule has 0 unspecified atom stereocenters. The zero-order valence-corrected chi connectivity index (χ0v) is 7.03. The van der Waals surface area contributed by atoms with Crippen LogP contribution in [0.4, 0.5) is 0 Å². The molecule has 0 saturated carbocycles. The molecule has 0 aromatic carbocycles. The van der Waals surface area contributed by atoms with Crippen LogP contribution in [0.3, 0.4) is 0 Å². The van der Waals surface area contributed by atoms with E-state index in [1.54, 1.807) is 0 Å². The van der Waals surface area contributed by atoms with Gasteiger partial charge in [0.25, 0.3) is 0 Å². The van der Waals surface area contributed by atoms with Crippen LogP contribution in [0.2, 0.25) is 0 Å². The van der Waals surface area contributed by atoms with E-state index in [0.717, 1.165) is 12.8 Å². The van der Waals surface area contributed by atoms with E-state index in [2.05, 4.69) is 0 Å². The van der Waals surface area contributed by atoms with Crippen molar-refractivity contribution in [2.75, 3.05) is 0 Å². The number of rotatable bonds is 5.